The van der Waals surface area contributed by atoms with Crippen molar-refractivity contribution >= 4 is 0 Å². The Morgan fingerprint density at radius 1 is 0.692 bits per heavy atom. The Kier molecular flexibility index (Phi) is 7.01. The van der Waals surface area contributed by atoms with E-state index >= 15 is 0 Å². The number of phenols is 1. The van der Waals surface area contributed by atoms with Gasteiger partial charge in [0, 0.05) is 0 Å². The third-order valence-corrected chi connectivity index (χ3v) is 4.13. The summed E-state index contributed by atoms with van der Waals surface area (Å²) in [6.45, 7) is 4.21. The molecule has 0 amide bonds. The van der Waals surface area contributed by atoms with Crippen molar-refractivity contribution in [3.63, 3.8) is 0 Å². The van der Waals surface area contributed by atoms with Crippen molar-refractivity contribution in [2.24, 2.45) is 0 Å². The largest absolute Gasteiger partial charge is 0.502 e. The van der Waals surface area contributed by atoms with E-state index in [1.165, 1.54) is 7.11 Å². The molecule has 0 aliphatic rings. The van der Waals surface area contributed by atoms with Gasteiger partial charge in [-0.05, 0) is 48.2 Å². The highest BCUT2D eigenvalue weighted by molar-refractivity contribution is 5.59. The summed E-state index contributed by atoms with van der Waals surface area (Å²) in [7, 11) is 4.70. The predicted octanol–water partition coefficient (Wildman–Crippen LogP) is 5.12. The van der Waals surface area contributed by atoms with Crippen LogP contribution in [-0.2, 0) is 12.8 Å². The molecule has 5 heteroatoms. The van der Waals surface area contributed by atoms with Crippen LogP contribution in [0.2, 0.25) is 0 Å². The third kappa shape index (κ3) is 4.34. The van der Waals surface area contributed by atoms with Crippen LogP contribution < -0.4 is 18.9 Å². The minimum atomic E-state index is -0.0471. The summed E-state index contributed by atoms with van der Waals surface area (Å²) in [5.41, 5.74) is 2.13. The molecule has 0 unspecified atom stereocenters. The van der Waals surface area contributed by atoms with Crippen LogP contribution in [-0.4, -0.2) is 26.4 Å². The standard InChI is InChI=1S/C21H28O5/c1-6-8-14-10-16(23-3)20(22)17(11-14)26-21-18(24-4)12-15(9-7-2)13-19(21)25-5/h10-13,22H,6-9H2,1-5H3. The van der Waals surface area contributed by atoms with Gasteiger partial charge >= 0.3 is 0 Å². The number of ether oxygens (including phenoxy) is 4. The van der Waals surface area contributed by atoms with Gasteiger partial charge in [-0.2, -0.15) is 0 Å². The number of aryl methyl sites for hydroxylation is 2. The third-order valence-electron chi connectivity index (χ3n) is 4.13. The van der Waals surface area contributed by atoms with E-state index < -0.39 is 0 Å². The molecule has 0 bridgehead atoms. The minimum absolute atomic E-state index is 0.0471. The van der Waals surface area contributed by atoms with Crippen molar-refractivity contribution in [3.8, 4) is 34.5 Å². The Morgan fingerprint density at radius 3 is 1.54 bits per heavy atom. The Morgan fingerprint density at radius 2 is 1.12 bits per heavy atom. The lowest BCUT2D eigenvalue weighted by atomic mass is 10.1. The molecule has 0 fully saturated rings. The summed E-state index contributed by atoms with van der Waals surface area (Å²) < 4.78 is 22.3. The van der Waals surface area contributed by atoms with E-state index in [2.05, 4.69) is 13.8 Å². The fourth-order valence-electron chi connectivity index (χ4n) is 2.88. The summed E-state index contributed by atoms with van der Waals surface area (Å²) in [5.74, 6) is 2.20. The summed E-state index contributed by atoms with van der Waals surface area (Å²) in [6, 6.07) is 7.52. The zero-order valence-electron chi connectivity index (χ0n) is 16.2. The van der Waals surface area contributed by atoms with E-state index in [1.54, 1.807) is 14.2 Å². The molecule has 26 heavy (non-hydrogen) atoms. The summed E-state index contributed by atoms with van der Waals surface area (Å²) in [6.07, 6.45) is 3.77. The van der Waals surface area contributed by atoms with Crippen LogP contribution in [0.5, 0.6) is 34.5 Å². The van der Waals surface area contributed by atoms with E-state index in [1.807, 2.05) is 24.3 Å². The lowest BCUT2D eigenvalue weighted by Crippen LogP contribution is -1.98. The first-order valence-corrected chi connectivity index (χ1v) is 8.90. The number of hydrogen-bond donors (Lipinski definition) is 1. The monoisotopic (exact) mass is 360 g/mol. The molecule has 0 spiro atoms. The second-order valence-corrected chi connectivity index (χ2v) is 6.08. The molecule has 2 rings (SSSR count). The fraction of sp³-hybridized carbons (Fsp3) is 0.429. The first-order valence-electron chi connectivity index (χ1n) is 8.90. The van der Waals surface area contributed by atoms with E-state index in [9.17, 15) is 5.11 Å². The van der Waals surface area contributed by atoms with Gasteiger partial charge in [-0.1, -0.05) is 26.7 Å². The fourth-order valence-corrected chi connectivity index (χ4v) is 2.88. The SMILES string of the molecule is CCCc1cc(OC)c(O)c(Oc2c(OC)cc(CCC)cc2OC)c1. The molecule has 2 aromatic rings. The Balaban J connectivity index is 2.51. The molecule has 0 aliphatic carbocycles. The zero-order valence-corrected chi connectivity index (χ0v) is 16.2. The van der Waals surface area contributed by atoms with Gasteiger partial charge in [0.2, 0.25) is 11.5 Å². The molecular formula is C21H28O5. The minimum Gasteiger partial charge on any atom is -0.502 e. The van der Waals surface area contributed by atoms with E-state index in [4.69, 9.17) is 18.9 Å². The van der Waals surface area contributed by atoms with Crippen LogP contribution in [0.25, 0.3) is 0 Å². The molecule has 142 valence electrons. The molecule has 1 N–H and O–H groups in total. The van der Waals surface area contributed by atoms with E-state index in [-0.39, 0.29) is 5.75 Å². The van der Waals surface area contributed by atoms with Crippen LogP contribution in [0.4, 0.5) is 0 Å². The predicted molar refractivity (Wildman–Crippen MR) is 102 cm³/mol. The van der Waals surface area contributed by atoms with Gasteiger partial charge in [0.15, 0.2) is 23.0 Å². The van der Waals surface area contributed by atoms with Crippen molar-refractivity contribution in [1.82, 2.24) is 0 Å². The number of phenolic OH excluding ortho intramolecular Hbond substituents is 1. The molecule has 0 aliphatic heterocycles. The molecule has 5 nitrogen and oxygen atoms in total. The number of methoxy groups -OCH3 is 3. The quantitative estimate of drug-likeness (QED) is 0.673. The molecule has 0 heterocycles. The van der Waals surface area contributed by atoms with Crippen LogP contribution in [0.1, 0.15) is 37.8 Å². The van der Waals surface area contributed by atoms with E-state index in [0.717, 1.165) is 36.8 Å². The maximum absolute atomic E-state index is 10.5. The first-order chi connectivity index (χ1) is 12.6. The average Bonchev–Trinajstić information content (AvgIpc) is 2.65. The normalized spacial score (nSPS) is 10.5. The molecular weight excluding hydrogens is 332 g/mol. The summed E-state index contributed by atoms with van der Waals surface area (Å²) in [5, 5.41) is 10.5. The van der Waals surface area contributed by atoms with Gasteiger partial charge in [0.05, 0.1) is 21.3 Å². The Labute approximate surface area is 155 Å². The van der Waals surface area contributed by atoms with Gasteiger partial charge in [-0.3, -0.25) is 0 Å². The Hall–Kier alpha value is -2.56. The maximum atomic E-state index is 10.5. The second kappa shape index (κ2) is 9.22. The molecule has 0 saturated carbocycles. The van der Waals surface area contributed by atoms with Crippen molar-refractivity contribution in [3.05, 3.63) is 35.4 Å². The van der Waals surface area contributed by atoms with Crippen molar-refractivity contribution in [2.45, 2.75) is 39.5 Å². The first kappa shape index (κ1) is 19.8. The number of hydrogen-bond acceptors (Lipinski definition) is 5. The van der Waals surface area contributed by atoms with Crippen LogP contribution in [0, 0.1) is 0 Å². The van der Waals surface area contributed by atoms with Crippen molar-refractivity contribution < 1.29 is 24.1 Å². The lowest BCUT2D eigenvalue weighted by molar-refractivity contribution is 0.326. The number of rotatable bonds is 9. The van der Waals surface area contributed by atoms with Gasteiger partial charge in [0.1, 0.15) is 0 Å². The van der Waals surface area contributed by atoms with Gasteiger partial charge < -0.3 is 24.1 Å². The summed E-state index contributed by atoms with van der Waals surface area (Å²) in [4.78, 5) is 0. The molecule has 0 atom stereocenters. The lowest BCUT2D eigenvalue weighted by Gasteiger charge is -2.18. The highest BCUT2D eigenvalue weighted by atomic mass is 16.5. The Bertz CT molecular complexity index is 714. The maximum Gasteiger partial charge on any atom is 0.211 e. The molecule has 0 saturated heterocycles. The molecule has 0 aromatic heterocycles. The highest BCUT2D eigenvalue weighted by Gasteiger charge is 2.19. The van der Waals surface area contributed by atoms with Crippen molar-refractivity contribution in [2.75, 3.05) is 21.3 Å². The zero-order chi connectivity index (χ0) is 19.1. The van der Waals surface area contributed by atoms with Gasteiger partial charge in [-0.15, -0.1) is 0 Å². The number of benzene rings is 2. The van der Waals surface area contributed by atoms with Gasteiger partial charge in [0.25, 0.3) is 0 Å². The molecule has 0 radical (unpaired) electrons. The molecule has 2 aromatic carbocycles. The van der Waals surface area contributed by atoms with Crippen molar-refractivity contribution in [1.29, 1.82) is 0 Å². The smallest absolute Gasteiger partial charge is 0.211 e. The van der Waals surface area contributed by atoms with Crippen LogP contribution >= 0.6 is 0 Å². The van der Waals surface area contributed by atoms with Gasteiger partial charge in [-0.25, -0.2) is 0 Å². The highest BCUT2D eigenvalue weighted by Crippen LogP contribution is 2.46. The second-order valence-electron chi connectivity index (χ2n) is 6.08. The topological polar surface area (TPSA) is 57.2 Å². The van der Waals surface area contributed by atoms with Crippen LogP contribution in [0.15, 0.2) is 24.3 Å². The summed E-state index contributed by atoms with van der Waals surface area (Å²) >= 11 is 0. The average molecular weight is 360 g/mol. The van der Waals surface area contributed by atoms with E-state index in [0.29, 0.717) is 28.7 Å². The van der Waals surface area contributed by atoms with Crippen LogP contribution in [0.3, 0.4) is 0 Å². The number of aromatic hydroxyl groups is 1.